The Morgan fingerprint density at radius 2 is 1.96 bits per heavy atom. The number of halogens is 1. The van der Waals surface area contributed by atoms with E-state index in [-0.39, 0.29) is 18.3 Å². The lowest BCUT2D eigenvalue weighted by molar-refractivity contribution is 0.0487. The van der Waals surface area contributed by atoms with Crippen molar-refractivity contribution >= 4 is 27.7 Å². The van der Waals surface area contributed by atoms with Gasteiger partial charge in [-0.1, -0.05) is 23.7 Å². The highest BCUT2D eigenvalue weighted by molar-refractivity contribution is 7.88. The molecule has 0 aliphatic carbocycles. The number of rotatable bonds is 4. The van der Waals surface area contributed by atoms with Crippen molar-refractivity contribution in [1.29, 1.82) is 0 Å². The van der Waals surface area contributed by atoms with Crippen LogP contribution in [0.4, 0.5) is 4.79 Å². The molecule has 0 saturated carbocycles. The Labute approximate surface area is 154 Å². The number of carbonyl (C=O) groups excluding carboxylic acids is 1. The largest absolute Gasteiger partial charge is 0.444 e. The number of alkyl carbamates (subject to hydrolysis) is 1. The minimum atomic E-state index is -3.45. The van der Waals surface area contributed by atoms with Crippen LogP contribution in [0.3, 0.4) is 0 Å². The van der Waals surface area contributed by atoms with Crippen LogP contribution in [0.2, 0.25) is 5.02 Å². The normalized spacial score (nSPS) is 19.4. The molecular weight excluding hydrogens is 364 g/mol. The van der Waals surface area contributed by atoms with Crippen molar-refractivity contribution < 1.29 is 17.9 Å². The molecule has 0 radical (unpaired) electrons. The number of amides is 1. The molecule has 1 heterocycles. The van der Waals surface area contributed by atoms with Crippen LogP contribution in [0.15, 0.2) is 24.3 Å². The summed E-state index contributed by atoms with van der Waals surface area (Å²) in [6.07, 6.45) is 0.904. The van der Waals surface area contributed by atoms with Crippen LogP contribution in [-0.4, -0.2) is 43.5 Å². The molecule has 1 aliphatic rings. The molecule has 1 aromatic carbocycles. The number of piperidine rings is 1. The summed E-state index contributed by atoms with van der Waals surface area (Å²) in [6, 6.07) is 6.52. The SMILES string of the molecule is CC(C)(C)OC(=O)N[C@@H]1CCCN(S(=O)(=O)Cc2ccc(Cl)cc2)C1. The predicted molar refractivity (Wildman–Crippen MR) is 98.0 cm³/mol. The Bertz CT molecular complexity index is 698. The number of hydrogen-bond donors (Lipinski definition) is 1. The number of sulfonamides is 1. The summed E-state index contributed by atoms with van der Waals surface area (Å²) in [5.41, 5.74) is 0.102. The van der Waals surface area contributed by atoms with Crippen LogP contribution >= 0.6 is 11.6 Å². The summed E-state index contributed by atoms with van der Waals surface area (Å²) in [6.45, 7) is 6.08. The van der Waals surface area contributed by atoms with Gasteiger partial charge in [-0.2, -0.15) is 4.31 Å². The van der Waals surface area contributed by atoms with Gasteiger partial charge in [0.25, 0.3) is 0 Å². The molecule has 0 aromatic heterocycles. The number of hydrogen-bond acceptors (Lipinski definition) is 4. The summed E-state index contributed by atoms with van der Waals surface area (Å²) < 4.78 is 32.0. The first-order valence-corrected chi connectivity index (χ1v) is 10.3. The highest BCUT2D eigenvalue weighted by Gasteiger charge is 2.30. The van der Waals surface area contributed by atoms with Gasteiger partial charge in [0.15, 0.2) is 0 Å². The molecule has 1 amide bonds. The second kappa shape index (κ2) is 7.93. The van der Waals surface area contributed by atoms with Crippen molar-refractivity contribution in [1.82, 2.24) is 9.62 Å². The van der Waals surface area contributed by atoms with Gasteiger partial charge in [-0.3, -0.25) is 0 Å². The Morgan fingerprint density at radius 3 is 2.56 bits per heavy atom. The van der Waals surface area contributed by atoms with Crippen molar-refractivity contribution in [3.05, 3.63) is 34.9 Å². The van der Waals surface area contributed by atoms with Crippen LogP contribution in [0.25, 0.3) is 0 Å². The third-order valence-corrected chi connectivity index (χ3v) is 5.83. The minimum Gasteiger partial charge on any atom is -0.444 e. The van der Waals surface area contributed by atoms with Crippen molar-refractivity contribution in [2.24, 2.45) is 0 Å². The van der Waals surface area contributed by atoms with E-state index in [4.69, 9.17) is 16.3 Å². The van der Waals surface area contributed by atoms with E-state index >= 15 is 0 Å². The van der Waals surface area contributed by atoms with Crippen molar-refractivity contribution in [3.8, 4) is 0 Å². The molecule has 25 heavy (non-hydrogen) atoms. The Balaban J connectivity index is 1.97. The molecule has 6 nitrogen and oxygen atoms in total. The molecule has 1 saturated heterocycles. The Morgan fingerprint density at radius 1 is 1.32 bits per heavy atom. The average Bonchev–Trinajstić information content (AvgIpc) is 2.48. The molecule has 1 aromatic rings. The van der Waals surface area contributed by atoms with Gasteiger partial charge in [0.2, 0.25) is 10.0 Å². The van der Waals surface area contributed by atoms with Crippen LogP contribution < -0.4 is 5.32 Å². The average molecular weight is 389 g/mol. The zero-order valence-electron chi connectivity index (χ0n) is 14.8. The Hall–Kier alpha value is -1.31. The van der Waals surface area contributed by atoms with E-state index in [9.17, 15) is 13.2 Å². The lowest BCUT2D eigenvalue weighted by Gasteiger charge is -2.32. The van der Waals surface area contributed by atoms with Crippen LogP contribution in [0.5, 0.6) is 0 Å². The van der Waals surface area contributed by atoms with Crippen LogP contribution in [0, 0.1) is 0 Å². The molecule has 0 unspecified atom stereocenters. The smallest absolute Gasteiger partial charge is 0.407 e. The minimum absolute atomic E-state index is 0.0800. The lowest BCUT2D eigenvalue weighted by Crippen LogP contribution is -2.50. The summed E-state index contributed by atoms with van der Waals surface area (Å²) in [7, 11) is -3.45. The molecule has 2 rings (SSSR count). The second-order valence-electron chi connectivity index (χ2n) is 7.23. The van der Waals surface area contributed by atoms with Gasteiger partial charge in [-0.25, -0.2) is 13.2 Å². The van der Waals surface area contributed by atoms with Crippen molar-refractivity contribution in [2.45, 2.75) is 51.0 Å². The molecule has 0 bridgehead atoms. The van der Waals surface area contributed by atoms with Gasteiger partial charge in [-0.15, -0.1) is 0 Å². The fourth-order valence-corrected chi connectivity index (χ4v) is 4.41. The predicted octanol–water partition coefficient (Wildman–Crippen LogP) is 3.16. The summed E-state index contributed by atoms with van der Waals surface area (Å²) in [5.74, 6) is -0.0800. The van der Waals surface area contributed by atoms with Gasteiger partial charge < -0.3 is 10.1 Å². The van der Waals surface area contributed by atoms with Gasteiger partial charge in [0, 0.05) is 24.2 Å². The second-order valence-corrected chi connectivity index (χ2v) is 9.63. The standard InChI is InChI=1S/C17H25ClN2O4S/c1-17(2,3)24-16(21)19-15-5-4-10-20(11-15)25(22,23)12-13-6-8-14(18)9-7-13/h6-9,15H,4-5,10-12H2,1-3H3,(H,19,21)/t15-/m1/s1. The fourth-order valence-electron chi connectivity index (χ4n) is 2.67. The third kappa shape index (κ3) is 6.49. The van der Waals surface area contributed by atoms with Crippen LogP contribution in [-0.2, 0) is 20.5 Å². The number of nitrogens with one attached hydrogen (secondary N) is 1. The first kappa shape index (κ1) is 20.0. The first-order valence-electron chi connectivity index (χ1n) is 8.27. The van der Waals surface area contributed by atoms with E-state index in [1.807, 2.05) is 0 Å². The zero-order chi connectivity index (χ0) is 18.7. The third-order valence-electron chi connectivity index (χ3n) is 3.76. The summed E-state index contributed by atoms with van der Waals surface area (Å²) in [4.78, 5) is 11.9. The monoisotopic (exact) mass is 388 g/mol. The van der Waals surface area contributed by atoms with E-state index < -0.39 is 21.7 Å². The number of nitrogens with zero attached hydrogens (tertiary/aromatic N) is 1. The van der Waals surface area contributed by atoms with Crippen molar-refractivity contribution in [2.75, 3.05) is 13.1 Å². The highest BCUT2D eigenvalue weighted by Crippen LogP contribution is 2.19. The zero-order valence-corrected chi connectivity index (χ0v) is 16.4. The van der Waals surface area contributed by atoms with Gasteiger partial charge in [0.05, 0.1) is 5.75 Å². The molecule has 1 N–H and O–H groups in total. The molecule has 1 fully saturated rings. The quantitative estimate of drug-likeness (QED) is 0.859. The van der Waals surface area contributed by atoms with E-state index in [1.165, 1.54) is 4.31 Å². The first-order chi connectivity index (χ1) is 11.5. The molecule has 140 valence electrons. The molecule has 1 atom stereocenters. The summed E-state index contributed by atoms with van der Waals surface area (Å²) >= 11 is 5.83. The molecule has 0 spiro atoms. The van der Waals surface area contributed by atoms with Gasteiger partial charge >= 0.3 is 6.09 Å². The number of ether oxygens (including phenoxy) is 1. The summed E-state index contributed by atoms with van der Waals surface area (Å²) in [5, 5.41) is 3.33. The Kier molecular flexibility index (Phi) is 6.35. The maximum atomic E-state index is 12.6. The maximum absolute atomic E-state index is 12.6. The van der Waals surface area contributed by atoms with E-state index in [0.717, 1.165) is 6.42 Å². The molecule has 8 heteroatoms. The van der Waals surface area contributed by atoms with Gasteiger partial charge in [0.1, 0.15) is 5.60 Å². The number of benzene rings is 1. The topological polar surface area (TPSA) is 75.7 Å². The highest BCUT2D eigenvalue weighted by atomic mass is 35.5. The molecular formula is C17H25ClN2O4S. The van der Waals surface area contributed by atoms with Crippen molar-refractivity contribution in [3.63, 3.8) is 0 Å². The van der Waals surface area contributed by atoms with Crippen LogP contribution in [0.1, 0.15) is 39.2 Å². The van der Waals surface area contributed by atoms with E-state index in [1.54, 1.807) is 45.0 Å². The molecule has 1 aliphatic heterocycles. The van der Waals surface area contributed by atoms with Gasteiger partial charge in [-0.05, 0) is 51.3 Å². The van der Waals surface area contributed by atoms with E-state index in [2.05, 4.69) is 5.32 Å². The fraction of sp³-hybridized carbons (Fsp3) is 0.588. The maximum Gasteiger partial charge on any atom is 0.407 e. The van der Waals surface area contributed by atoms with E-state index in [0.29, 0.717) is 23.6 Å². The lowest BCUT2D eigenvalue weighted by atomic mass is 10.1. The number of carbonyl (C=O) groups is 1.